The predicted octanol–water partition coefficient (Wildman–Crippen LogP) is 3.24. The molecule has 2 aliphatic rings. The van der Waals surface area contributed by atoms with Gasteiger partial charge in [-0.05, 0) is 54.2 Å². The van der Waals surface area contributed by atoms with E-state index in [0.29, 0.717) is 17.8 Å². The number of aryl methyl sites for hydroxylation is 1. The van der Waals surface area contributed by atoms with Gasteiger partial charge in [-0.3, -0.25) is 4.79 Å². The lowest BCUT2D eigenvalue weighted by molar-refractivity contribution is -0.122. The van der Waals surface area contributed by atoms with E-state index in [4.69, 9.17) is 4.74 Å². The predicted molar refractivity (Wildman–Crippen MR) is 117 cm³/mol. The van der Waals surface area contributed by atoms with Gasteiger partial charge in [0.05, 0.1) is 31.7 Å². The molecular weight excluding hydrogens is 378 g/mol. The fourth-order valence-electron chi connectivity index (χ4n) is 4.11. The number of nitrogens with one attached hydrogen (secondary N) is 1. The number of hydrogen-bond acceptors (Lipinski definition) is 4. The normalized spacial score (nSPS) is 22.5. The van der Waals surface area contributed by atoms with E-state index in [0.717, 1.165) is 27.8 Å². The van der Waals surface area contributed by atoms with Gasteiger partial charge in [-0.1, -0.05) is 48.6 Å². The molecule has 0 fully saturated rings. The molecule has 3 unspecified atom stereocenters. The molecule has 1 amide bonds. The van der Waals surface area contributed by atoms with Gasteiger partial charge in [0.2, 0.25) is 5.91 Å². The van der Waals surface area contributed by atoms with Crippen LogP contribution < -0.4 is 5.32 Å². The van der Waals surface area contributed by atoms with Gasteiger partial charge in [0.1, 0.15) is 5.76 Å². The second kappa shape index (κ2) is 9.28. The Balaban J connectivity index is 1.91. The van der Waals surface area contributed by atoms with Crippen LogP contribution in [0.15, 0.2) is 77.8 Å². The molecule has 3 N–H and O–H groups in total. The van der Waals surface area contributed by atoms with E-state index in [1.54, 1.807) is 19.4 Å². The Bertz CT molecular complexity index is 967. The molecule has 158 valence electrons. The summed E-state index contributed by atoms with van der Waals surface area (Å²) in [5.41, 5.74) is 5.14. The van der Waals surface area contributed by atoms with Crippen LogP contribution in [0.5, 0.6) is 0 Å². The van der Waals surface area contributed by atoms with E-state index in [-0.39, 0.29) is 18.4 Å². The van der Waals surface area contributed by atoms with Gasteiger partial charge in [-0.15, -0.1) is 0 Å². The van der Waals surface area contributed by atoms with Gasteiger partial charge in [0, 0.05) is 6.20 Å². The van der Waals surface area contributed by atoms with Gasteiger partial charge >= 0.3 is 0 Å². The third-order valence-corrected chi connectivity index (χ3v) is 5.66. The van der Waals surface area contributed by atoms with Crippen LogP contribution in [0.4, 0.5) is 0 Å². The van der Waals surface area contributed by atoms with Crippen LogP contribution in [-0.4, -0.2) is 29.3 Å². The average Bonchev–Trinajstić information content (AvgIpc) is 2.87. The Hall–Kier alpha value is -2.89. The Morgan fingerprint density at radius 3 is 2.67 bits per heavy atom. The summed E-state index contributed by atoms with van der Waals surface area (Å²) in [4.78, 5) is 12.4. The minimum atomic E-state index is -0.754. The van der Waals surface area contributed by atoms with Crippen LogP contribution in [0.3, 0.4) is 0 Å². The minimum absolute atomic E-state index is 0.0750. The molecule has 1 heterocycles. The van der Waals surface area contributed by atoms with E-state index < -0.39 is 12.0 Å². The monoisotopic (exact) mass is 407 g/mol. The van der Waals surface area contributed by atoms with Crippen LogP contribution >= 0.6 is 0 Å². The summed E-state index contributed by atoms with van der Waals surface area (Å²) in [6.07, 6.45) is 8.69. The first-order valence-electron chi connectivity index (χ1n) is 10.0. The summed E-state index contributed by atoms with van der Waals surface area (Å²) < 4.78 is 5.66. The molecule has 3 atom stereocenters. The molecule has 1 aliphatic carbocycles. The maximum Gasteiger partial charge on any atom is 0.235 e. The molecule has 1 aliphatic heterocycles. The molecule has 0 saturated carbocycles. The van der Waals surface area contributed by atoms with Crippen molar-refractivity contribution in [3.8, 4) is 0 Å². The highest BCUT2D eigenvalue weighted by Gasteiger charge is 2.30. The fraction of sp³-hybridized carbons (Fsp3) is 0.320. The zero-order valence-corrected chi connectivity index (χ0v) is 17.7. The van der Waals surface area contributed by atoms with Gasteiger partial charge < -0.3 is 20.3 Å². The number of ether oxygens (including phenoxy) is 1. The third kappa shape index (κ3) is 4.48. The van der Waals surface area contributed by atoms with Crippen LogP contribution in [0.25, 0.3) is 0 Å². The molecule has 0 bridgehead atoms. The first-order chi connectivity index (χ1) is 14.3. The van der Waals surface area contributed by atoms with Crippen molar-refractivity contribution < 1.29 is 19.7 Å². The Kier molecular flexibility index (Phi) is 6.75. The number of rotatable bonds is 6. The molecule has 1 aromatic carbocycles. The van der Waals surface area contributed by atoms with Crippen LogP contribution in [0.2, 0.25) is 0 Å². The van der Waals surface area contributed by atoms with E-state index in [1.807, 2.05) is 50.3 Å². The first-order valence-corrected chi connectivity index (χ1v) is 10.0. The Labute approximate surface area is 177 Å². The van der Waals surface area contributed by atoms with Gasteiger partial charge in [-0.25, -0.2) is 0 Å². The highest BCUT2D eigenvalue weighted by molar-refractivity contribution is 5.88. The quantitative estimate of drug-likeness (QED) is 0.677. The number of hydrogen-bond donors (Lipinski definition) is 3. The van der Waals surface area contributed by atoms with Gasteiger partial charge in [0.15, 0.2) is 0 Å². The highest BCUT2D eigenvalue weighted by Crippen LogP contribution is 2.33. The second-order valence-electron chi connectivity index (χ2n) is 7.83. The zero-order chi connectivity index (χ0) is 21.8. The van der Waals surface area contributed by atoms with Crippen LogP contribution in [-0.2, 0) is 22.6 Å². The van der Waals surface area contributed by atoms with Crippen LogP contribution in [0, 0.1) is 18.8 Å². The second-order valence-corrected chi connectivity index (χ2v) is 7.83. The third-order valence-electron chi connectivity index (χ3n) is 5.66. The van der Waals surface area contributed by atoms with Crippen LogP contribution in [0.1, 0.15) is 23.6 Å². The summed E-state index contributed by atoms with van der Waals surface area (Å²) >= 11 is 0. The molecule has 0 saturated heterocycles. The summed E-state index contributed by atoms with van der Waals surface area (Å²) in [5.74, 6) is -0.333. The van der Waals surface area contributed by atoms with E-state index >= 15 is 0 Å². The lowest BCUT2D eigenvalue weighted by Crippen LogP contribution is -2.31. The number of aliphatic hydroxyl groups excluding tert-OH is 2. The number of benzene rings is 1. The van der Waals surface area contributed by atoms with Crippen molar-refractivity contribution in [3.05, 3.63) is 94.5 Å². The number of methoxy groups -OCH3 is 1. The Morgan fingerprint density at radius 2 is 2.00 bits per heavy atom. The number of amides is 1. The number of carbonyl (C=O) groups is 1. The van der Waals surface area contributed by atoms with Crippen molar-refractivity contribution in [1.82, 2.24) is 5.32 Å². The zero-order valence-electron chi connectivity index (χ0n) is 17.7. The molecule has 1 aromatic rings. The largest absolute Gasteiger partial charge is 0.500 e. The highest BCUT2D eigenvalue weighted by atomic mass is 16.5. The lowest BCUT2D eigenvalue weighted by atomic mass is 9.87. The standard InChI is InChI=1S/C25H29NO4/c1-15-5-6-18(20(11-15)14-27)13-22(28)21-8-7-19(12-17(3)24(21)30-4)23-16(2)9-10-26-25(23)29/h5-12,21-23,27-28H,2,13-14H2,1,3-4H3,(H,26,29). The summed E-state index contributed by atoms with van der Waals surface area (Å²) in [7, 11) is 1.59. The SMILES string of the molecule is C=C1C=CNC(=O)C1C1=CC(C)=C(OC)C(C(O)Cc2ccc(C)cc2CO)C=C1. The molecule has 5 nitrogen and oxygen atoms in total. The number of carbonyl (C=O) groups excluding carboxylic acids is 1. The lowest BCUT2D eigenvalue weighted by Gasteiger charge is -2.23. The maximum atomic E-state index is 12.4. The number of allylic oxidation sites excluding steroid dienone is 4. The topological polar surface area (TPSA) is 78.8 Å². The molecule has 0 spiro atoms. The Morgan fingerprint density at radius 1 is 1.23 bits per heavy atom. The average molecular weight is 408 g/mol. The van der Waals surface area contributed by atoms with Gasteiger partial charge in [0.25, 0.3) is 0 Å². The minimum Gasteiger partial charge on any atom is -0.500 e. The van der Waals surface area contributed by atoms with Crippen molar-refractivity contribution in [2.24, 2.45) is 11.8 Å². The van der Waals surface area contributed by atoms with E-state index in [1.165, 1.54) is 0 Å². The summed E-state index contributed by atoms with van der Waals surface area (Å²) in [6.45, 7) is 7.82. The number of aliphatic hydroxyl groups is 2. The molecule has 5 heteroatoms. The van der Waals surface area contributed by atoms with Crippen molar-refractivity contribution in [1.29, 1.82) is 0 Å². The first kappa shape index (κ1) is 21.8. The molecule has 0 radical (unpaired) electrons. The van der Waals surface area contributed by atoms with Crippen molar-refractivity contribution in [2.45, 2.75) is 33.0 Å². The molecular formula is C25H29NO4. The summed E-state index contributed by atoms with van der Waals surface area (Å²) in [5, 5.41) is 23.5. The molecule has 3 rings (SSSR count). The molecule has 0 aromatic heterocycles. The smallest absolute Gasteiger partial charge is 0.235 e. The van der Waals surface area contributed by atoms with E-state index in [2.05, 4.69) is 11.9 Å². The van der Waals surface area contributed by atoms with Crippen molar-refractivity contribution >= 4 is 5.91 Å². The molecule has 30 heavy (non-hydrogen) atoms. The summed E-state index contributed by atoms with van der Waals surface area (Å²) in [6, 6.07) is 5.85. The van der Waals surface area contributed by atoms with Crippen molar-refractivity contribution in [3.63, 3.8) is 0 Å². The van der Waals surface area contributed by atoms with E-state index in [9.17, 15) is 15.0 Å². The van der Waals surface area contributed by atoms with Gasteiger partial charge in [-0.2, -0.15) is 0 Å². The fourth-order valence-corrected chi connectivity index (χ4v) is 4.11. The maximum absolute atomic E-state index is 12.4. The van der Waals surface area contributed by atoms with Crippen molar-refractivity contribution in [2.75, 3.05) is 7.11 Å².